The van der Waals surface area contributed by atoms with E-state index in [0.29, 0.717) is 6.04 Å². The molecule has 2 saturated heterocycles. The Labute approximate surface area is 118 Å². The minimum atomic E-state index is 0.389. The van der Waals surface area contributed by atoms with Crippen molar-refractivity contribution in [3.63, 3.8) is 0 Å². The molecule has 0 amide bonds. The number of likely N-dealkylation sites (tertiary alicyclic amines) is 2. The predicted octanol–water partition coefficient (Wildman–Crippen LogP) is 1.16. The molecule has 4 heteroatoms. The minimum absolute atomic E-state index is 0.389. The number of hydrogen-bond donors (Lipinski definition) is 1. The van der Waals surface area contributed by atoms with Crippen LogP contribution in [-0.2, 0) is 4.74 Å². The van der Waals surface area contributed by atoms with Crippen LogP contribution in [-0.4, -0.2) is 68.3 Å². The highest BCUT2D eigenvalue weighted by Crippen LogP contribution is 2.19. The van der Waals surface area contributed by atoms with E-state index < -0.39 is 0 Å². The summed E-state index contributed by atoms with van der Waals surface area (Å²) < 4.78 is 5.76. The largest absolute Gasteiger partial charge is 0.379 e. The van der Waals surface area contributed by atoms with Crippen molar-refractivity contribution in [2.24, 2.45) is 11.7 Å². The Morgan fingerprint density at radius 2 is 1.63 bits per heavy atom. The fourth-order valence-corrected chi connectivity index (χ4v) is 3.17. The number of piperidine rings is 1. The fraction of sp³-hybridized carbons (Fsp3) is 1.00. The van der Waals surface area contributed by atoms with Gasteiger partial charge in [-0.3, -0.25) is 4.90 Å². The normalized spacial score (nSPS) is 27.2. The van der Waals surface area contributed by atoms with Crippen LogP contribution in [0, 0.1) is 5.92 Å². The fourth-order valence-electron chi connectivity index (χ4n) is 3.17. The minimum Gasteiger partial charge on any atom is -0.379 e. The van der Waals surface area contributed by atoms with Gasteiger partial charge in [0.15, 0.2) is 0 Å². The van der Waals surface area contributed by atoms with Crippen LogP contribution in [0.2, 0.25) is 0 Å². The van der Waals surface area contributed by atoms with E-state index in [-0.39, 0.29) is 0 Å². The SMILES string of the molecule is CCC1CCN(CCOCCN2CCC(N)C2)CC1. The quantitative estimate of drug-likeness (QED) is 0.704. The summed E-state index contributed by atoms with van der Waals surface area (Å²) >= 11 is 0. The lowest BCUT2D eigenvalue weighted by Gasteiger charge is -2.31. The summed E-state index contributed by atoms with van der Waals surface area (Å²) in [4.78, 5) is 4.97. The standard InChI is InChI=1S/C15H31N3O/c1-2-14-3-6-17(7-4-14)9-11-19-12-10-18-8-5-15(16)13-18/h14-15H,2-13,16H2,1H3. The maximum Gasteiger partial charge on any atom is 0.0594 e. The van der Waals surface area contributed by atoms with E-state index in [1.54, 1.807) is 0 Å². The van der Waals surface area contributed by atoms with Gasteiger partial charge in [0.1, 0.15) is 0 Å². The summed E-state index contributed by atoms with van der Waals surface area (Å²) in [6.45, 7) is 10.9. The number of rotatable bonds is 7. The maximum atomic E-state index is 5.89. The molecule has 0 saturated carbocycles. The van der Waals surface area contributed by atoms with Crippen LogP contribution in [0.1, 0.15) is 32.6 Å². The van der Waals surface area contributed by atoms with Crippen LogP contribution >= 0.6 is 0 Å². The summed E-state index contributed by atoms with van der Waals surface area (Å²) in [6, 6.07) is 0.389. The highest BCUT2D eigenvalue weighted by atomic mass is 16.5. The van der Waals surface area contributed by atoms with Crippen molar-refractivity contribution in [3.8, 4) is 0 Å². The van der Waals surface area contributed by atoms with Crippen LogP contribution in [0.3, 0.4) is 0 Å². The van der Waals surface area contributed by atoms with Crippen molar-refractivity contribution in [3.05, 3.63) is 0 Å². The molecule has 0 bridgehead atoms. The van der Waals surface area contributed by atoms with Crippen molar-refractivity contribution in [2.45, 2.75) is 38.6 Å². The van der Waals surface area contributed by atoms with Gasteiger partial charge in [-0.25, -0.2) is 0 Å². The maximum absolute atomic E-state index is 5.89. The zero-order valence-corrected chi connectivity index (χ0v) is 12.5. The topological polar surface area (TPSA) is 41.7 Å². The van der Waals surface area contributed by atoms with E-state index in [4.69, 9.17) is 10.5 Å². The molecule has 0 aromatic heterocycles. The van der Waals surface area contributed by atoms with Gasteiger partial charge in [-0.15, -0.1) is 0 Å². The molecule has 112 valence electrons. The second-order valence-electron chi connectivity index (χ2n) is 6.16. The van der Waals surface area contributed by atoms with Crippen molar-refractivity contribution in [1.82, 2.24) is 9.80 Å². The van der Waals surface area contributed by atoms with Crippen molar-refractivity contribution in [2.75, 3.05) is 52.5 Å². The number of ether oxygens (including phenoxy) is 1. The Balaban J connectivity index is 1.44. The van der Waals surface area contributed by atoms with E-state index in [2.05, 4.69) is 16.7 Å². The molecule has 1 unspecified atom stereocenters. The van der Waals surface area contributed by atoms with Crippen LogP contribution in [0.5, 0.6) is 0 Å². The molecule has 2 aliphatic rings. The first-order valence-electron chi connectivity index (χ1n) is 8.06. The van der Waals surface area contributed by atoms with Crippen LogP contribution in [0.4, 0.5) is 0 Å². The lowest BCUT2D eigenvalue weighted by atomic mass is 9.94. The van der Waals surface area contributed by atoms with Crippen LogP contribution in [0.15, 0.2) is 0 Å². The lowest BCUT2D eigenvalue weighted by Crippen LogP contribution is -2.36. The van der Waals surface area contributed by atoms with E-state index in [1.807, 2.05) is 0 Å². The zero-order chi connectivity index (χ0) is 13.5. The highest BCUT2D eigenvalue weighted by Gasteiger charge is 2.19. The summed E-state index contributed by atoms with van der Waals surface area (Å²) in [6.07, 6.45) is 5.25. The first kappa shape index (κ1) is 15.2. The Bertz CT molecular complexity index is 242. The molecule has 0 aliphatic carbocycles. The van der Waals surface area contributed by atoms with E-state index in [0.717, 1.165) is 51.7 Å². The molecule has 0 radical (unpaired) electrons. The average Bonchev–Trinajstić information content (AvgIpc) is 2.85. The monoisotopic (exact) mass is 269 g/mol. The molecule has 19 heavy (non-hydrogen) atoms. The van der Waals surface area contributed by atoms with Gasteiger partial charge in [-0.05, 0) is 44.8 Å². The molecule has 0 aromatic rings. The second kappa shape index (κ2) is 8.20. The van der Waals surface area contributed by atoms with Crippen LogP contribution in [0.25, 0.3) is 0 Å². The van der Waals surface area contributed by atoms with E-state index in [1.165, 1.54) is 32.4 Å². The summed E-state index contributed by atoms with van der Waals surface area (Å²) in [5.41, 5.74) is 5.89. The summed E-state index contributed by atoms with van der Waals surface area (Å²) in [5.74, 6) is 0.969. The van der Waals surface area contributed by atoms with Crippen LogP contribution < -0.4 is 5.73 Å². The Hall–Kier alpha value is -0.160. The van der Waals surface area contributed by atoms with Crippen molar-refractivity contribution >= 4 is 0 Å². The molecule has 2 rings (SSSR count). The number of nitrogens with two attached hydrogens (primary N) is 1. The Morgan fingerprint density at radius 3 is 2.21 bits per heavy atom. The number of hydrogen-bond acceptors (Lipinski definition) is 4. The third kappa shape index (κ3) is 5.38. The molecular formula is C15H31N3O. The molecule has 2 fully saturated rings. The predicted molar refractivity (Wildman–Crippen MR) is 79.3 cm³/mol. The van der Waals surface area contributed by atoms with Gasteiger partial charge in [-0.2, -0.15) is 0 Å². The summed E-state index contributed by atoms with van der Waals surface area (Å²) in [5, 5.41) is 0. The van der Waals surface area contributed by atoms with Gasteiger partial charge in [0.25, 0.3) is 0 Å². The van der Waals surface area contributed by atoms with Gasteiger partial charge < -0.3 is 15.4 Å². The average molecular weight is 269 g/mol. The number of nitrogens with zero attached hydrogens (tertiary/aromatic N) is 2. The van der Waals surface area contributed by atoms with E-state index >= 15 is 0 Å². The molecule has 0 spiro atoms. The first-order valence-corrected chi connectivity index (χ1v) is 8.06. The van der Waals surface area contributed by atoms with Gasteiger partial charge in [0.2, 0.25) is 0 Å². The van der Waals surface area contributed by atoms with Gasteiger partial charge in [0, 0.05) is 25.7 Å². The summed E-state index contributed by atoms with van der Waals surface area (Å²) in [7, 11) is 0. The van der Waals surface area contributed by atoms with Gasteiger partial charge in [-0.1, -0.05) is 13.3 Å². The van der Waals surface area contributed by atoms with Crippen molar-refractivity contribution < 1.29 is 4.74 Å². The first-order chi connectivity index (χ1) is 9.28. The van der Waals surface area contributed by atoms with Gasteiger partial charge in [0.05, 0.1) is 13.2 Å². The highest BCUT2D eigenvalue weighted by molar-refractivity contribution is 4.77. The Morgan fingerprint density at radius 1 is 1.00 bits per heavy atom. The molecular weight excluding hydrogens is 238 g/mol. The molecule has 2 heterocycles. The lowest BCUT2D eigenvalue weighted by molar-refractivity contribution is 0.0761. The molecule has 4 nitrogen and oxygen atoms in total. The molecule has 0 aromatic carbocycles. The second-order valence-corrected chi connectivity index (χ2v) is 6.16. The van der Waals surface area contributed by atoms with Crippen molar-refractivity contribution in [1.29, 1.82) is 0 Å². The third-order valence-corrected chi connectivity index (χ3v) is 4.70. The third-order valence-electron chi connectivity index (χ3n) is 4.70. The molecule has 2 aliphatic heterocycles. The molecule has 2 N–H and O–H groups in total. The zero-order valence-electron chi connectivity index (χ0n) is 12.5. The molecule has 1 atom stereocenters. The van der Waals surface area contributed by atoms with E-state index in [9.17, 15) is 0 Å². The smallest absolute Gasteiger partial charge is 0.0594 e. The van der Waals surface area contributed by atoms with Gasteiger partial charge >= 0.3 is 0 Å². The Kier molecular flexibility index (Phi) is 6.57.